The van der Waals surface area contributed by atoms with Gasteiger partial charge < -0.3 is 24.8 Å². The monoisotopic (exact) mass is 339 g/mol. The van der Waals surface area contributed by atoms with E-state index in [0.29, 0.717) is 13.1 Å². The SMILES string of the molecule is CN=C(NCC1CN(C)CCO1)N1CC(=O)N(C(C)C)C(C)(C)C1. The number of guanidine groups is 1. The van der Waals surface area contributed by atoms with Gasteiger partial charge in [0.2, 0.25) is 5.91 Å². The number of aliphatic imine (C=N–C) groups is 1. The van der Waals surface area contributed by atoms with Crippen molar-refractivity contribution in [1.29, 1.82) is 0 Å². The van der Waals surface area contributed by atoms with Gasteiger partial charge in [-0.25, -0.2) is 0 Å². The van der Waals surface area contributed by atoms with E-state index in [1.54, 1.807) is 7.05 Å². The summed E-state index contributed by atoms with van der Waals surface area (Å²) in [6, 6.07) is 0.204. The highest BCUT2D eigenvalue weighted by atomic mass is 16.5. The van der Waals surface area contributed by atoms with Gasteiger partial charge in [0.25, 0.3) is 0 Å². The summed E-state index contributed by atoms with van der Waals surface area (Å²) in [5, 5.41) is 3.39. The first kappa shape index (κ1) is 19.0. The smallest absolute Gasteiger partial charge is 0.242 e. The first-order valence-electron chi connectivity index (χ1n) is 8.82. The molecule has 1 amide bonds. The minimum Gasteiger partial charge on any atom is -0.374 e. The average molecular weight is 339 g/mol. The third kappa shape index (κ3) is 4.39. The molecule has 0 aliphatic carbocycles. The zero-order valence-corrected chi connectivity index (χ0v) is 16.0. The van der Waals surface area contributed by atoms with Crippen LogP contribution in [0.15, 0.2) is 4.99 Å². The number of morpholine rings is 1. The zero-order valence-electron chi connectivity index (χ0n) is 16.0. The maximum Gasteiger partial charge on any atom is 0.242 e. The molecule has 1 atom stereocenters. The minimum atomic E-state index is -0.220. The molecule has 2 aliphatic rings. The fourth-order valence-electron chi connectivity index (χ4n) is 3.84. The van der Waals surface area contributed by atoms with Crippen LogP contribution in [-0.2, 0) is 9.53 Å². The lowest BCUT2D eigenvalue weighted by Gasteiger charge is -2.49. The number of piperazine rings is 1. The van der Waals surface area contributed by atoms with Crippen LogP contribution >= 0.6 is 0 Å². The topological polar surface area (TPSA) is 60.4 Å². The molecule has 24 heavy (non-hydrogen) atoms. The van der Waals surface area contributed by atoms with E-state index in [1.165, 1.54) is 0 Å². The summed E-state index contributed by atoms with van der Waals surface area (Å²) in [6.45, 7) is 12.9. The summed E-state index contributed by atoms with van der Waals surface area (Å²) in [7, 11) is 3.87. The van der Waals surface area contributed by atoms with Crippen LogP contribution in [0.2, 0.25) is 0 Å². The van der Waals surface area contributed by atoms with E-state index in [-0.39, 0.29) is 23.6 Å². The molecule has 7 nitrogen and oxygen atoms in total. The number of carbonyl (C=O) groups is 1. The van der Waals surface area contributed by atoms with Gasteiger partial charge in [-0.1, -0.05) is 0 Å². The Morgan fingerprint density at radius 1 is 1.46 bits per heavy atom. The van der Waals surface area contributed by atoms with Crippen molar-refractivity contribution in [2.45, 2.75) is 45.4 Å². The number of hydrogen-bond donors (Lipinski definition) is 1. The molecule has 2 aliphatic heterocycles. The number of ether oxygens (including phenoxy) is 1. The van der Waals surface area contributed by atoms with Crippen LogP contribution in [0.1, 0.15) is 27.7 Å². The van der Waals surface area contributed by atoms with Gasteiger partial charge in [-0.3, -0.25) is 9.79 Å². The van der Waals surface area contributed by atoms with Gasteiger partial charge in [-0.05, 0) is 34.7 Å². The van der Waals surface area contributed by atoms with Crippen molar-refractivity contribution in [3.05, 3.63) is 0 Å². The molecule has 0 bridgehead atoms. The number of nitrogens with one attached hydrogen (secondary N) is 1. The number of hydrogen-bond acceptors (Lipinski definition) is 4. The van der Waals surface area contributed by atoms with Crippen molar-refractivity contribution >= 4 is 11.9 Å². The van der Waals surface area contributed by atoms with E-state index in [0.717, 1.165) is 32.2 Å². The van der Waals surface area contributed by atoms with E-state index < -0.39 is 0 Å². The Morgan fingerprint density at radius 3 is 2.71 bits per heavy atom. The normalized spacial score (nSPS) is 26.2. The molecule has 7 heteroatoms. The summed E-state index contributed by atoms with van der Waals surface area (Å²) in [5.74, 6) is 0.925. The molecule has 0 saturated carbocycles. The molecular formula is C17H33N5O2. The van der Waals surface area contributed by atoms with Gasteiger partial charge in [0.05, 0.1) is 24.8 Å². The third-order valence-electron chi connectivity index (χ3n) is 4.68. The van der Waals surface area contributed by atoms with Gasteiger partial charge in [-0.15, -0.1) is 0 Å². The second-order valence-electron chi connectivity index (χ2n) is 7.71. The molecule has 0 spiro atoms. The molecule has 2 rings (SSSR count). The Balaban J connectivity index is 1.97. The molecule has 0 aromatic carbocycles. The summed E-state index contributed by atoms with van der Waals surface area (Å²) in [5.41, 5.74) is -0.220. The van der Waals surface area contributed by atoms with Crippen molar-refractivity contribution < 1.29 is 9.53 Å². The molecular weight excluding hydrogens is 306 g/mol. The number of likely N-dealkylation sites (N-methyl/N-ethyl adjacent to an activating group) is 1. The van der Waals surface area contributed by atoms with Crippen LogP contribution in [0.25, 0.3) is 0 Å². The Bertz CT molecular complexity index is 478. The van der Waals surface area contributed by atoms with Crippen LogP contribution in [0.4, 0.5) is 0 Å². The Labute approximate surface area is 146 Å². The molecule has 0 aromatic heterocycles. The van der Waals surface area contributed by atoms with Crippen LogP contribution < -0.4 is 5.32 Å². The van der Waals surface area contributed by atoms with Gasteiger partial charge in [0.15, 0.2) is 5.96 Å². The fourth-order valence-corrected chi connectivity index (χ4v) is 3.84. The molecule has 2 heterocycles. The van der Waals surface area contributed by atoms with Crippen LogP contribution in [0.3, 0.4) is 0 Å². The Kier molecular flexibility index (Phi) is 6.09. The highest BCUT2D eigenvalue weighted by Gasteiger charge is 2.40. The van der Waals surface area contributed by atoms with Gasteiger partial charge in [0, 0.05) is 39.3 Å². The maximum absolute atomic E-state index is 12.6. The predicted molar refractivity (Wildman–Crippen MR) is 96.2 cm³/mol. The van der Waals surface area contributed by atoms with Gasteiger partial charge >= 0.3 is 0 Å². The first-order chi connectivity index (χ1) is 11.2. The predicted octanol–water partition coefficient (Wildman–Crippen LogP) is 0.224. The van der Waals surface area contributed by atoms with Crippen LogP contribution in [0, 0.1) is 0 Å². The highest BCUT2D eigenvalue weighted by Crippen LogP contribution is 2.24. The summed E-state index contributed by atoms with van der Waals surface area (Å²) < 4.78 is 5.79. The number of carbonyl (C=O) groups excluding carboxylic acids is 1. The van der Waals surface area contributed by atoms with E-state index >= 15 is 0 Å². The number of nitrogens with zero attached hydrogens (tertiary/aromatic N) is 4. The second-order valence-corrected chi connectivity index (χ2v) is 7.71. The summed E-state index contributed by atoms with van der Waals surface area (Å²) in [6.07, 6.45) is 0.154. The van der Waals surface area contributed by atoms with E-state index in [9.17, 15) is 4.79 Å². The van der Waals surface area contributed by atoms with Gasteiger partial charge in [-0.2, -0.15) is 0 Å². The largest absolute Gasteiger partial charge is 0.374 e. The van der Waals surface area contributed by atoms with Crippen molar-refractivity contribution in [1.82, 2.24) is 20.0 Å². The zero-order chi connectivity index (χ0) is 17.9. The quantitative estimate of drug-likeness (QED) is 0.589. The number of amides is 1. The third-order valence-corrected chi connectivity index (χ3v) is 4.68. The number of rotatable bonds is 3. The highest BCUT2D eigenvalue weighted by molar-refractivity contribution is 5.88. The summed E-state index contributed by atoms with van der Waals surface area (Å²) >= 11 is 0. The van der Waals surface area contributed by atoms with E-state index in [2.05, 4.69) is 50.0 Å². The fraction of sp³-hybridized carbons (Fsp3) is 0.882. The molecule has 0 aromatic rings. The molecule has 1 unspecified atom stereocenters. The lowest BCUT2D eigenvalue weighted by molar-refractivity contribution is -0.145. The lowest BCUT2D eigenvalue weighted by atomic mass is 9.96. The molecule has 2 saturated heterocycles. The maximum atomic E-state index is 12.6. The molecule has 0 radical (unpaired) electrons. The first-order valence-corrected chi connectivity index (χ1v) is 8.82. The van der Waals surface area contributed by atoms with Crippen molar-refractivity contribution in [3.63, 3.8) is 0 Å². The minimum absolute atomic E-state index is 0.151. The second kappa shape index (κ2) is 7.70. The molecule has 2 fully saturated rings. The van der Waals surface area contributed by atoms with E-state index in [1.807, 2.05) is 9.80 Å². The van der Waals surface area contributed by atoms with Crippen molar-refractivity contribution in [2.24, 2.45) is 4.99 Å². The molecule has 138 valence electrons. The van der Waals surface area contributed by atoms with Crippen molar-refractivity contribution in [2.75, 3.05) is 53.4 Å². The van der Waals surface area contributed by atoms with Crippen LogP contribution in [0.5, 0.6) is 0 Å². The Morgan fingerprint density at radius 2 is 2.17 bits per heavy atom. The van der Waals surface area contributed by atoms with Crippen molar-refractivity contribution in [3.8, 4) is 0 Å². The summed E-state index contributed by atoms with van der Waals surface area (Å²) in [4.78, 5) is 23.3. The lowest BCUT2D eigenvalue weighted by Crippen LogP contribution is -2.66. The van der Waals surface area contributed by atoms with Crippen LogP contribution in [-0.4, -0.2) is 97.7 Å². The van der Waals surface area contributed by atoms with Gasteiger partial charge in [0.1, 0.15) is 0 Å². The Hall–Kier alpha value is -1.34. The molecule has 1 N–H and O–H groups in total. The van der Waals surface area contributed by atoms with E-state index in [4.69, 9.17) is 4.74 Å². The standard InChI is InChI=1S/C17H33N5O2/c1-13(2)22-15(23)11-21(12-17(22,3)4)16(18-5)19-9-14-10-20(6)7-8-24-14/h13-14H,7-12H2,1-6H3,(H,18,19). The average Bonchev–Trinajstić information content (AvgIpc) is 2.45.